The number of nitrogens with zero attached hydrogens (tertiary/aromatic N) is 1. The van der Waals surface area contributed by atoms with Gasteiger partial charge in [-0.3, -0.25) is 0 Å². The smallest absolute Gasteiger partial charge is 0.0406 e. The molecule has 1 aromatic carbocycles. The van der Waals surface area contributed by atoms with Crippen LogP contribution in [0.25, 0.3) is 0 Å². The Morgan fingerprint density at radius 2 is 2.12 bits per heavy atom. The number of hydrogen-bond acceptors (Lipinski definition) is 2. The van der Waals surface area contributed by atoms with Crippen LogP contribution < -0.4 is 5.32 Å². The lowest BCUT2D eigenvalue weighted by Crippen LogP contribution is -2.37. The lowest BCUT2D eigenvalue weighted by molar-refractivity contribution is 0.323. The van der Waals surface area contributed by atoms with E-state index in [2.05, 4.69) is 29.4 Å². The molecule has 0 spiro atoms. The Morgan fingerprint density at radius 3 is 2.88 bits per heavy atom. The van der Waals surface area contributed by atoms with Crippen molar-refractivity contribution in [1.29, 1.82) is 0 Å². The van der Waals surface area contributed by atoms with Crippen LogP contribution in [0, 0.1) is 0 Å². The maximum atomic E-state index is 5.88. The number of rotatable bonds is 2. The van der Waals surface area contributed by atoms with Crippen molar-refractivity contribution in [3.63, 3.8) is 0 Å². The molecule has 0 aromatic heterocycles. The van der Waals surface area contributed by atoms with Gasteiger partial charge in [0, 0.05) is 17.6 Å². The number of halogens is 1. The Labute approximate surface area is 103 Å². The molecule has 1 aliphatic rings. The average Bonchev–Trinajstić information content (AvgIpc) is 2.46. The molecule has 1 fully saturated rings. The van der Waals surface area contributed by atoms with E-state index in [1.165, 1.54) is 18.5 Å². The largest absolute Gasteiger partial charge is 0.312 e. The van der Waals surface area contributed by atoms with Gasteiger partial charge >= 0.3 is 0 Å². The summed E-state index contributed by atoms with van der Waals surface area (Å²) >= 11 is 5.88. The van der Waals surface area contributed by atoms with Crippen molar-refractivity contribution in [2.24, 2.45) is 0 Å². The highest BCUT2D eigenvalue weighted by molar-refractivity contribution is 6.30. The molecule has 1 aliphatic heterocycles. The normalized spacial score (nSPS) is 23.0. The van der Waals surface area contributed by atoms with Crippen LogP contribution >= 0.6 is 11.6 Å². The summed E-state index contributed by atoms with van der Waals surface area (Å²) in [5.41, 5.74) is 1.36. The first-order chi connectivity index (χ1) is 7.74. The van der Waals surface area contributed by atoms with Gasteiger partial charge in [-0.1, -0.05) is 23.7 Å². The molecule has 1 saturated heterocycles. The molecule has 0 radical (unpaired) electrons. The number of nitrogens with one attached hydrogen (secondary N) is 1. The number of likely N-dealkylation sites (N-methyl/N-ethyl adjacent to an activating group) is 1. The fourth-order valence-corrected chi connectivity index (χ4v) is 2.35. The first-order valence-corrected chi connectivity index (χ1v) is 6.28. The fraction of sp³-hybridized carbons (Fsp3) is 0.538. The summed E-state index contributed by atoms with van der Waals surface area (Å²) in [5, 5.41) is 4.41. The first-order valence-electron chi connectivity index (χ1n) is 5.90. The molecule has 0 saturated carbocycles. The van der Waals surface area contributed by atoms with E-state index in [4.69, 9.17) is 11.6 Å². The third-order valence-corrected chi connectivity index (χ3v) is 3.33. The summed E-state index contributed by atoms with van der Waals surface area (Å²) in [7, 11) is 2.20. The van der Waals surface area contributed by atoms with Gasteiger partial charge in [0.25, 0.3) is 0 Å². The summed E-state index contributed by atoms with van der Waals surface area (Å²) in [6.45, 7) is 3.45. The fourth-order valence-electron chi connectivity index (χ4n) is 2.23. The van der Waals surface area contributed by atoms with E-state index >= 15 is 0 Å². The Kier molecular flexibility index (Phi) is 4.22. The minimum absolute atomic E-state index is 0.564. The van der Waals surface area contributed by atoms with E-state index in [1.54, 1.807) is 0 Å². The van der Waals surface area contributed by atoms with Gasteiger partial charge in [0.2, 0.25) is 0 Å². The molecule has 1 unspecified atom stereocenters. The van der Waals surface area contributed by atoms with Crippen LogP contribution in [0.4, 0.5) is 0 Å². The summed E-state index contributed by atoms with van der Waals surface area (Å²) < 4.78 is 0. The topological polar surface area (TPSA) is 15.3 Å². The van der Waals surface area contributed by atoms with Crippen molar-refractivity contribution < 1.29 is 0 Å². The molecule has 1 heterocycles. The zero-order chi connectivity index (χ0) is 11.4. The van der Waals surface area contributed by atoms with Gasteiger partial charge in [-0.2, -0.15) is 0 Å². The van der Waals surface area contributed by atoms with Crippen LogP contribution in [0.15, 0.2) is 24.3 Å². The monoisotopic (exact) mass is 238 g/mol. The highest BCUT2D eigenvalue weighted by Gasteiger charge is 2.14. The van der Waals surface area contributed by atoms with Crippen molar-refractivity contribution in [2.75, 3.05) is 26.7 Å². The quantitative estimate of drug-likeness (QED) is 0.850. The van der Waals surface area contributed by atoms with Gasteiger partial charge < -0.3 is 10.2 Å². The van der Waals surface area contributed by atoms with Gasteiger partial charge in [-0.15, -0.1) is 0 Å². The number of hydrogen-bond donors (Lipinski definition) is 1. The SMILES string of the molecule is CN1CCCNC(Cc2ccc(Cl)cc2)C1. The predicted octanol–water partition coefficient (Wildman–Crippen LogP) is 2.18. The maximum absolute atomic E-state index is 5.88. The van der Waals surface area contributed by atoms with Crippen molar-refractivity contribution in [2.45, 2.75) is 18.9 Å². The first kappa shape index (κ1) is 11.9. The molecular weight excluding hydrogens is 220 g/mol. The van der Waals surface area contributed by atoms with Gasteiger partial charge in [0.1, 0.15) is 0 Å². The van der Waals surface area contributed by atoms with Crippen molar-refractivity contribution in [3.05, 3.63) is 34.9 Å². The summed E-state index contributed by atoms with van der Waals surface area (Å²) in [6.07, 6.45) is 2.33. The van der Waals surface area contributed by atoms with Crippen LogP contribution in [0.5, 0.6) is 0 Å². The molecule has 1 N–H and O–H groups in total. The highest BCUT2D eigenvalue weighted by atomic mass is 35.5. The summed E-state index contributed by atoms with van der Waals surface area (Å²) in [6, 6.07) is 8.74. The second-order valence-corrected chi connectivity index (χ2v) is 5.03. The zero-order valence-corrected chi connectivity index (χ0v) is 10.5. The third kappa shape index (κ3) is 3.48. The van der Waals surface area contributed by atoms with Crippen LogP contribution in [-0.4, -0.2) is 37.6 Å². The molecule has 0 bridgehead atoms. The van der Waals surface area contributed by atoms with Crippen molar-refractivity contribution in [3.8, 4) is 0 Å². The van der Waals surface area contributed by atoms with E-state index in [0.29, 0.717) is 6.04 Å². The minimum Gasteiger partial charge on any atom is -0.312 e. The lowest BCUT2D eigenvalue weighted by atomic mass is 10.1. The Morgan fingerprint density at radius 1 is 1.38 bits per heavy atom. The molecule has 2 rings (SSSR count). The highest BCUT2D eigenvalue weighted by Crippen LogP contribution is 2.12. The molecule has 16 heavy (non-hydrogen) atoms. The standard InChI is InChI=1S/C13H19ClN2/c1-16-8-2-7-15-13(10-16)9-11-3-5-12(14)6-4-11/h3-6,13,15H,2,7-10H2,1H3. The molecule has 3 heteroatoms. The molecule has 88 valence electrons. The van der Waals surface area contributed by atoms with E-state index in [0.717, 1.165) is 24.5 Å². The van der Waals surface area contributed by atoms with Gasteiger partial charge in [0.05, 0.1) is 0 Å². The van der Waals surface area contributed by atoms with Crippen LogP contribution in [-0.2, 0) is 6.42 Å². The lowest BCUT2D eigenvalue weighted by Gasteiger charge is -2.20. The summed E-state index contributed by atoms with van der Waals surface area (Å²) in [4.78, 5) is 2.40. The van der Waals surface area contributed by atoms with E-state index in [-0.39, 0.29) is 0 Å². The Bertz CT molecular complexity index is 323. The molecular formula is C13H19ClN2. The molecule has 0 amide bonds. The molecule has 2 nitrogen and oxygen atoms in total. The van der Waals surface area contributed by atoms with Gasteiger partial charge in [-0.25, -0.2) is 0 Å². The van der Waals surface area contributed by atoms with E-state index in [9.17, 15) is 0 Å². The minimum atomic E-state index is 0.564. The van der Waals surface area contributed by atoms with Crippen LogP contribution in [0.1, 0.15) is 12.0 Å². The molecule has 1 aromatic rings. The molecule has 0 aliphatic carbocycles. The zero-order valence-electron chi connectivity index (χ0n) is 9.75. The molecule has 1 atom stereocenters. The Hall–Kier alpha value is -0.570. The van der Waals surface area contributed by atoms with Crippen LogP contribution in [0.3, 0.4) is 0 Å². The summed E-state index contributed by atoms with van der Waals surface area (Å²) in [5.74, 6) is 0. The van der Waals surface area contributed by atoms with E-state index in [1.807, 2.05) is 12.1 Å². The predicted molar refractivity (Wildman–Crippen MR) is 69.1 cm³/mol. The second-order valence-electron chi connectivity index (χ2n) is 4.60. The third-order valence-electron chi connectivity index (χ3n) is 3.08. The van der Waals surface area contributed by atoms with Gasteiger partial charge in [-0.05, 0) is 50.7 Å². The average molecular weight is 239 g/mol. The van der Waals surface area contributed by atoms with E-state index < -0.39 is 0 Å². The van der Waals surface area contributed by atoms with Crippen molar-refractivity contribution >= 4 is 11.6 Å². The second kappa shape index (κ2) is 5.67. The van der Waals surface area contributed by atoms with Crippen LogP contribution in [0.2, 0.25) is 5.02 Å². The number of benzene rings is 1. The van der Waals surface area contributed by atoms with Crippen molar-refractivity contribution in [1.82, 2.24) is 10.2 Å². The maximum Gasteiger partial charge on any atom is 0.0406 e. The Balaban J connectivity index is 1.95. The van der Waals surface area contributed by atoms with Gasteiger partial charge in [0.15, 0.2) is 0 Å².